The van der Waals surface area contributed by atoms with Gasteiger partial charge in [-0.25, -0.2) is 8.78 Å². The molecule has 1 heterocycles. The van der Waals surface area contributed by atoms with E-state index >= 15 is 0 Å². The van der Waals surface area contributed by atoms with Crippen LogP contribution in [0.1, 0.15) is 49.9 Å². The summed E-state index contributed by atoms with van der Waals surface area (Å²) in [6, 6.07) is 10.1. The molecule has 0 aliphatic carbocycles. The van der Waals surface area contributed by atoms with Crippen LogP contribution < -0.4 is 5.32 Å². The molecule has 34 heavy (non-hydrogen) atoms. The van der Waals surface area contributed by atoms with Gasteiger partial charge in [-0.15, -0.1) is 0 Å². The molecule has 1 unspecified atom stereocenters. The van der Waals surface area contributed by atoms with E-state index in [9.17, 15) is 18.4 Å². The molecule has 7 heteroatoms. The van der Waals surface area contributed by atoms with Crippen LogP contribution in [0.15, 0.2) is 42.5 Å². The van der Waals surface area contributed by atoms with Crippen molar-refractivity contribution in [2.24, 2.45) is 5.92 Å². The maximum absolute atomic E-state index is 14.0. The van der Waals surface area contributed by atoms with Gasteiger partial charge in [-0.05, 0) is 82.4 Å². The number of hydrogen-bond donors (Lipinski definition) is 1. The number of likely N-dealkylation sites (tertiary alicyclic amines) is 1. The summed E-state index contributed by atoms with van der Waals surface area (Å²) in [6.45, 7) is 8.91. The Kier molecular flexibility index (Phi) is 9.57. The quantitative estimate of drug-likeness (QED) is 0.510. The summed E-state index contributed by atoms with van der Waals surface area (Å²) in [5, 5.41) is 2.93. The summed E-state index contributed by atoms with van der Waals surface area (Å²) in [4.78, 5) is 29.4. The molecule has 2 aromatic rings. The average Bonchev–Trinajstić information content (AvgIpc) is 2.85. The van der Waals surface area contributed by atoms with E-state index in [0.717, 1.165) is 64.5 Å². The molecule has 2 amide bonds. The zero-order chi connectivity index (χ0) is 24.5. The lowest BCUT2D eigenvalue weighted by Crippen LogP contribution is -2.45. The highest BCUT2D eigenvalue weighted by Gasteiger charge is 2.27. The van der Waals surface area contributed by atoms with Crippen LogP contribution in [0.5, 0.6) is 0 Å². The number of carbonyl (C=O) groups is 2. The van der Waals surface area contributed by atoms with Crippen molar-refractivity contribution in [2.75, 3.05) is 39.3 Å². The van der Waals surface area contributed by atoms with E-state index in [1.807, 2.05) is 18.7 Å². The summed E-state index contributed by atoms with van der Waals surface area (Å²) < 4.78 is 27.1. The number of hydrogen-bond acceptors (Lipinski definition) is 3. The van der Waals surface area contributed by atoms with Gasteiger partial charge in [0.05, 0.1) is 5.92 Å². The van der Waals surface area contributed by atoms with Crippen molar-refractivity contribution in [1.82, 2.24) is 15.1 Å². The number of nitrogens with zero attached hydrogens (tertiary/aromatic N) is 2. The summed E-state index contributed by atoms with van der Waals surface area (Å²) >= 11 is 0. The van der Waals surface area contributed by atoms with Gasteiger partial charge in [-0.3, -0.25) is 9.59 Å². The van der Waals surface area contributed by atoms with Gasteiger partial charge in [-0.1, -0.05) is 12.1 Å². The van der Waals surface area contributed by atoms with Crippen LogP contribution in [0.25, 0.3) is 11.1 Å². The second-order valence-corrected chi connectivity index (χ2v) is 8.81. The molecule has 1 fully saturated rings. The standard InChI is InChI=1S/C27H35F2N3O2/c1-3-32(4-2)27(34)22-8-7-17-31(19-22)16-6-5-15-30-26(33)21-11-9-20(10-12-21)24-14-13-23(28)18-25(24)29/h9-14,18,22H,3-8,15-17,19H2,1-2H3,(H,30,33). The Morgan fingerprint density at radius 3 is 2.47 bits per heavy atom. The van der Waals surface area contributed by atoms with E-state index in [4.69, 9.17) is 0 Å². The second-order valence-electron chi connectivity index (χ2n) is 8.81. The minimum absolute atomic E-state index is 0.0970. The van der Waals surface area contributed by atoms with Gasteiger partial charge in [0.2, 0.25) is 5.91 Å². The third kappa shape index (κ3) is 6.86. The number of rotatable bonds is 10. The van der Waals surface area contributed by atoms with Gasteiger partial charge in [0, 0.05) is 43.4 Å². The molecule has 1 N–H and O–H groups in total. The van der Waals surface area contributed by atoms with Crippen LogP contribution >= 0.6 is 0 Å². The zero-order valence-corrected chi connectivity index (χ0v) is 20.2. The van der Waals surface area contributed by atoms with Gasteiger partial charge >= 0.3 is 0 Å². The Morgan fingerprint density at radius 1 is 1.06 bits per heavy atom. The number of carbonyl (C=O) groups excluding carboxylic acids is 2. The highest BCUT2D eigenvalue weighted by Crippen LogP contribution is 2.24. The monoisotopic (exact) mass is 471 g/mol. The van der Waals surface area contributed by atoms with E-state index in [2.05, 4.69) is 10.2 Å². The Bertz CT molecular complexity index is 961. The SMILES string of the molecule is CCN(CC)C(=O)C1CCCN(CCCCNC(=O)c2ccc(-c3ccc(F)cc3F)cc2)C1. The molecule has 0 radical (unpaired) electrons. The molecule has 184 valence electrons. The predicted molar refractivity (Wildman–Crippen MR) is 130 cm³/mol. The van der Waals surface area contributed by atoms with Crippen molar-refractivity contribution < 1.29 is 18.4 Å². The average molecular weight is 472 g/mol. The lowest BCUT2D eigenvalue weighted by molar-refractivity contribution is -0.137. The number of nitrogens with one attached hydrogen (secondary N) is 1. The fraction of sp³-hybridized carbons (Fsp3) is 0.481. The van der Waals surface area contributed by atoms with Gasteiger partial charge in [0.25, 0.3) is 5.91 Å². The maximum atomic E-state index is 14.0. The Hall–Kier alpha value is -2.80. The molecular formula is C27H35F2N3O2. The van der Waals surface area contributed by atoms with E-state index in [1.165, 1.54) is 12.1 Å². The molecule has 2 aromatic carbocycles. The van der Waals surface area contributed by atoms with E-state index < -0.39 is 11.6 Å². The first-order valence-corrected chi connectivity index (χ1v) is 12.3. The molecule has 0 aromatic heterocycles. The van der Waals surface area contributed by atoms with Crippen molar-refractivity contribution in [3.8, 4) is 11.1 Å². The Balaban J connectivity index is 1.39. The molecule has 0 saturated carbocycles. The molecule has 1 saturated heterocycles. The van der Waals surface area contributed by atoms with Crippen molar-refractivity contribution in [3.05, 3.63) is 59.7 Å². The molecule has 0 bridgehead atoms. The van der Waals surface area contributed by atoms with Crippen LogP contribution in [-0.2, 0) is 4.79 Å². The summed E-state index contributed by atoms with van der Waals surface area (Å²) in [7, 11) is 0. The minimum Gasteiger partial charge on any atom is -0.352 e. The smallest absolute Gasteiger partial charge is 0.251 e. The minimum atomic E-state index is -0.630. The van der Waals surface area contributed by atoms with Crippen molar-refractivity contribution in [3.63, 3.8) is 0 Å². The molecule has 5 nitrogen and oxygen atoms in total. The topological polar surface area (TPSA) is 52.7 Å². The number of unbranched alkanes of at least 4 members (excludes halogenated alkanes) is 1. The molecule has 1 aliphatic rings. The van der Waals surface area contributed by atoms with E-state index in [0.29, 0.717) is 23.2 Å². The molecule has 1 aliphatic heterocycles. The number of piperidine rings is 1. The predicted octanol–water partition coefficient (Wildman–Crippen LogP) is 4.72. The summed E-state index contributed by atoms with van der Waals surface area (Å²) in [6.07, 6.45) is 3.83. The Morgan fingerprint density at radius 2 is 1.79 bits per heavy atom. The lowest BCUT2D eigenvalue weighted by Gasteiger charge is -2.34. The summed E-state index contributed by atoms with van der Waals surface area (Å²) in [5.41, 5.74) is 1.39. The summed E-state index contributed by atoms with van der Waals surface area (Å²) in [5.74, 6) is -1.05. The zero-order valence-electron chi connectivity index (χ0n) is 20.2. The molecule has 3 rings (SSSR count). The van der Waals surface area contributed by atoms with Gasteiger partial charge in [0.15, 0.2) is 0 Å². The molecule has 1 atom stereocenters. The van der Waals surface area contributed by atoms with Crippen LogP contribution in [-0.4, -0.2) is 60.9 Å². The fourth-order valence-electron chi connectivity index (χ4n) is 4.54. The van der Waals surface area contributed by atoms with Crippen LogP contribution in [0.3, 0.4) is 0 Å². The van der Waals surface area contributed by atoms with Crippen LogP contribution in [0, 0.1) is 17.6 Å². The van der Waals surface area contributed by atoms with Gasteiger partial charge in [0.1, 0.15) is 11.6 Å². The third-order valence-electron chi connectivity index (χ3n) is 6.51. The highest BCUT2D eigenvalue weighted by molar-refractivity contribution is 5.94. The Labute approximate surface area is 201 Å². The maximum Gasteiger partial charge on any atom is 0.251 e. The number of amides is 2. The van der Waals surface area contributed by atoms with Crippen molar-refractivity contribution >= 4 is 11.8 Å². The van der Waals surface area contributed by atoms with Crippen molar-refractivity contribution in [2.45, 2.75) is 39.5 Å². The first kappa shape index (κ1) is 25.8. The van der Waals surface area contributed by atoms with Crippen LogP contribution in [0.2, 0.25) is 0 Å². The highest BCUT2D eigenvalue weighted by atomic mass is 19.1. The molecular weight excluding hydrogens is 436 g/mol. The van der Waals surface area contributed by atoms with Gasteiger partial charge in [-0.2, -0.15) is 0 Å². The molecule has 0 spiro atoms. The fourth-order valence-corrected chi connectivity index (χ4v) is 4.54. The lowest BCUT2D eigenvalue weighted by atomic mass is 9.96. The first-order valence-electron chi connectivity index (χ1n) is 12.3. The number of halogens is 2. The van der Waals surface area contributed by atoms with Crippen molar-refractivity contribution in [1.29, 1.82) is 0 Å². The second kappa shape index (κ2) is 12.6. The van der Waals surface area contributed by atoms with E-state index in [1.54, 1.807) is 24.3 Å². The van der Waals surface area contributed by atoms with E-state index in [-0.39, 0.29) is 17.7 Å². The van der Waals surface area contributed by atoms with Crippen LogP contribution in [0.4, 0.5) is 8.78 Å². The number of benzene rings is 2. The third-order valence-corrected chi connectivity index (χ3v) is 6.51. The van der Waals surface area contributed by atoms with Gasteiger partial charge < -0.3 is 15.1 Å². The normalized spacial score (nSPS) is 16.3. The first-order chi connectivity index (χ1) is 16.4. The largest absolute Gasteiger partial charge is 0.352 e.